The number of aromatic nitrogens is 2. The molecule has 8 nitrogen and oxygen atoms in total. The lowest BCUT2D eigenvalue weighted by atomic mass is 10.3. The van der Waals surface area contributed by atoms with Gasteiger partial charge in [0.15, 0.2) is 0 Å². The molecule has 0 radical (unpaired) electrons. The Kier molecular flexibility index (Phi) is 7.97. The zero-order chi connectivity index (χ0) is 23.1. The zero-order valence-electron chi connectivity index (χ0n) is 19.2. The summed E-state index contributed by atoms with van der Waals surface area (Å²) in [6, 6.07) is 14.6. The first-order chi connectivity index (χ1) is 16.0. The minimum Gasteiger partial charge on any atom is -0.494 e. The molecule has 0 saturated carbocycles. The average Bonchev–Trinajstić information content (AvgIpc) is 3.24. The molecule has 1 aliphatic heterocycles. The summed E-state index contributed by atoms with van der Waals surface area (Å²) in [6.07, 6.45) is 3.43. The Morgan fingerprint density at radius 2 is 1.73 bits per heavy atom. The lowest BCUT2D eigenvalue weighted by molar-refractivity contribution is 0.145. The van der Waals surface area contributed by atoms with Crippen molar-refractivity contribution in [1.82, 2.24) is 24.1 Å². The Labute approximate surface area is 196 Å². The third-order valence-electron chi connectivity index (χ3n) is 6.01. The summed E-state index contributed by atoms with van der Waals surface area (Å²) in [7, 11) is -1.39. The van der Waals surface area contributed by atoms with E-state index in [1.165, 1.54) is 0 Å². The van der Waals surface area contributed by atoms with Gasteiger partial charge in [0.2, 0.25) is 10.0 Å². The van der Waals surface area contributed by atoms with E-state index >= 15 is 0 Å². The summed E-state index contributed by atoms with van der Waals surface area (Å²) in [5.41, 5.74) is 2.00. The van der Waals surface area contributed by atoms with Crippen LogP contribution in [0.4, 0.5) is 0 Å². The normalized spacial score (nSPS) is 15.8. The molecule has 178 valence electrons. The molecule has 0 spiro atoms. The number of para-hydroxylation sites is 2. The number of piperazine rings is 1. The number of hydrogen-bond acceptors (Lipinski definition) is 6. The molecule has 1 aromatic heterocycles. The smallest absolute Gasteiger partial charge is 0.240 e. The van der Waals surface area contributed by atoms with Crippen LogP contribution in [0, 0.1) is 0 Å². The van der Waals surface area contributed by atoms with Gasteiger partial charge in [0.25, 0.3) is 0 Å². The number of likely N-dealkylation sites (N-methyl/N-ethyl adjacent to an activating group) is 1. The molecule has 2 heterocycles. The largest absolute Gasteiger partial charge is 0.494 e. The van der Waals surface area contributed by atoms with Gasteiger partial charge in [-0.25, -0.2) is 18.1 Å². The van der Waals surface area contributed by atoms with Crippen LogP contribution >= 0.6 is 0 Å². The minimum absolute atomic E-state index is 0.250. The van der Waals surface area contributed by atoms with Crippen molar-refractivity contribution in [3.05, 3.63) is 54.9 Å². The molecule has 9 heteroatoms. The van der Waals surface area contributed by atoms with Gasteiger partial charge in [0, 0.05) is 45.8 Å². The third kappa shape index (κ3) is 6.54. The van der Waals surface area contributed by atoms with Crippen LogP contribution in [0.3, 0.4) is 0 Å². The molecule has 0 bridgehead atoms. The number of fused-ring (bicyclic) bond motifs is 1. The van der Waals surface area contributed by atoms with E-state index in [9.17, 15) is 8.42 Å². The van der Waals surface area contributed by atoms with Gasteiger partial charge in [-0.1, -0.05) is 12.1 Å². The number of ether oxygens (including phenoxy) is 1. The number of benzene rings is 2. The van der Waals surface area contributed by atoms with Crippen molar-refractivity contribution in [2.75, 3.05) is 52.9 Å². The standard InChI is InChI=1S/C24H33N5O3S/c1-27-15-17-28(18-16-27)13-5-19-32-21-8-10-22(11-9-21)33(30,31)26-12-4-14-29-20-25-23-6-2-3-7-24(23)29/h2-3,6-11,20,26H,4-5,12-19H2,1H3. The Bertz CT molecular complexity index is 1120. The van der Waals surface area contributed by atoms with E-state index in [1.807, 2.05) is 28.8 Å². The van der Waals surface area contributed by atoms with E-state index in [2.05, 4.69) is 26.6 Å². The molecule has 0 unspecified atom stereocenters. The van der Waals surface area contributed by atoms with E-state index in [0.29, 0.717) is 31.9 Å². The van der Waals surface area contributed by atoms with E-state index < -0.39 is 10.0 Å². The van der Waals surface area contributed by atoms with E-state index in [-0.39, 0.29) is 4.90 Å². The van der Waals surface area contributed by atoms with Crippen molar-refractivity contribution in [2.24, 2.45) is 0 Å². The molecule has 2 aromatic carbocycles. The van der Waals surface area contributed by atoms with Crippen molar-refractivity contribution in [3.63, 3.8) is 0 Å². The Morgan fingerprint density at radius 1 is 0.970 bits per heavy atom. The van der Waals surface area contributed by atoms with Crippen LogP contribution < -0.4 is 9.46 Å². The quantitative estimate of drug-likeness (QED) is 0.433. The van der Waals surface area contributed by atoms with Gasteiger partial charge < -0.3 is 19.1 Å². The van der Waals surface area contributed by atoms with Crippen LogP contribution in [-0.4, -0.2) is 80.7 Å². The highest BCUT2D eigenvalue weighted by Crippen LogP contribution is 2.17. The van der Waals surface area contributed by atoms with Crippen LogP contribution in [0.25, 0.3) is 11.0 Å². The second-order valence-corrected chi connectivity index (χ2v) is 10.3. The van der Waals surface area contributed by atoms with Gasteiger partial charge >= 0.3 is 0 Å². The first kappa shape index (κ1) is 23.7. The van der Waals surface area contributed by atoms with Crippen LogP contribution in [0.2, 0.25) is 0 Å². The van der Waals surface area contributed by atoms with Gasteiger partial charge in [-0.15, -0.1) is 0 Å². The SMILES string of the molecule is CN1CCN(CCCOc2ccc(S(=O)(=O)NCCCn3cnc4ccccc43)cc2)CC1. The first-order valence-electron chi connectivity index (χ1n) is 11.5. The summed E-state index contributed by atoms with van der Waals surface area (Å²) in [4.78, 5) is 9.42. The van der Waals surface area contributed by atoms with Crippen LogP contribution in [0.1, 0.15) is 12.8 Å². The molecular formula is C24H33N5O3S. The Morgan fingerprint density at radius 3 is 2.52 bits per heavy atom. The predicted octanol–water partition coefficient (Wildman–Crippen LogP) is 2.42. The number of aryl methyl sites for hydroxylation is 1. The summed E-state index contributed by atoms with van der Waals surface area (Å²) in [5, 5.41) is 0. The number of nitrogens with one attached hydrogen (secondary N) is 1. The maximum atomic E-state index is 12.6. The molecule has 33 heavy (non-hydrogen) atoms. The Hall–Kier alpha value is -2.46. The number of nitrogens with zero attached hydrogens (tertiary/aromatic N) is 4. The van der Waals surface area contributed by atoms with Crippen LogP contribution in [0.15, 0.2) is 59.8 Å². The van der Waals surface area contributed by atoms with Gasteiger partial charge in [0.1, 0.15) is 5.75 Å². The second kappa shape index (κ2) is 11.1. The molecule has 3 aromatic rings. The van der Waals surface area contributed by atoms with Gasteiger partial charge in [-0.2, -0.15) is 0 Å². The highest BCUT2D eigenvalue weighted by atomic mass is 32.2. The van der Waals surface area contributed by atoms with Gasteiger partial charge in [-0.3, -0.25) is 0 Å². The number of sulfonamides is 1. The van der Waals surface area contributed by atoms with Crippen LogP contribution in [-0.2, 0) is 16.6 Å². The molecule has 1 saturated heterocycles. The Balaban J connectivity index is 1.18. The summed E-state index contributed by atoms with van der Waals surface area (Å²) in [6.45, 7) is 7.16. The topological polar surface area (TPSA) is 79.7 Å². The average molecular weight is 472 g/mol. The number of rotatable bonds is 11. The van der Waals surface area contributed by atoms with Gasteiger partial charge in [0.05, 0.1) is 28.9 Å². The molecule has 0 aliphatic carbocycles. The maximum absolute atomic E-state index is 12.6. The maximum Gasteiger partial charge on any atom is 0.240 e. The zero-order valence-corrected chi connectivity index (χ0v) is 20.0. The fraction of sp³-hybridized carbons (Fsp3) is 0.458. The molecule has 0 atom stereocenters. The van der Waals surface area contributed by atoms with E-state index in [4.69, 9.17) is 4.74 Å². The first-order valence-corrected chi connectivity index (χ1v) is 13.0. The van der Waals surface area contributed by atoms with Crippen molar-refractivity contribution < 1.29 is 13.2 Å². The lowest BCUT2D eigenvalue weighted by Crippen LogP contribution is -2.44. The fourth-order valence-corrected chi connectivity index (χ4v) is 5.07. The molecule has 1 N–H and O–H groups in total. The molecule has 0 amide bonds. The number of imidazole rings is 1. The molecule has 1 aliphatic rings. The predicted molar refractivity (Wildman–Crippen MR) is 130 cm³/mol. The second-order valence-electron chi connectivity index (χ2n) is 8.50. The summed E-state index contributed by atoms with van der Waals surface area (Å²) >= 11 is 0. The summed E-state index contributed by atoms with van der Waals surface area (Å²) < 4.78 is 35.7. The number of hydrogen-bond donors (Lipinski definition) is 1. The molecular weight excluding hydrogens is 438 g/mol. The monoisotopic (exact) mass is 471 g/mol. The van der Waals surface area contributed by atoms with Crippen molar-refractivity contribution >= 4 is 21.1 Å². The van der Waals surface area contributed by atoms with Crippen molar-refractivity contribution in [2.45, 2.75) is 24.3 Å². The van der Waals surface area contributed by atoms with E-state index in [1.54, 1.807) is 30.6 Å². The fourth-order valence-electron chi connectivity index (χ4n) is 3.99. The highest BCUT2D eigenvalue weighted by Gasteiger charge is 2.14. The molecule has 1 fully saturated rings. The lowest BCUT2D eigenvalue weighted by Gasteiger charge is -2.32. The highest BCUT2D eigenvalue weighted by molar-refractivity contribution is 7.89. The minimum atomic E-state index is -3.55. The van der Waals surface area contributed by atoms with Crippen molar-refractivity contribution in [1.29, 1.82) is 0 Å². The van der Waals surface area contributed by atoms with Gasteiger partial charge in [-0.05, 0) is 56.3 Å². The van der Waals surface area contributed by atoms with Crippen LogP contribution in [0.5, 0.6) is 5.75 Å². The molecule has 4 rings (SSSR count). The van der Waals surface area contributed by atoms with E-state index in [0.717, 1.165) is 50.2 Å². The van der Waals surface area contributed by atoms with Crippen molar-refractivity contribution in [3.8, 4) is 5.75 Å². The summed E-state index contributed by atoms with van der Waals surface area (Å²) in [5.74, 6) is 0.694. The third-order valence-corrected chi connectivity index (χ3v) is 7.49.